The minimum absolute atomic E-state index is 0.202. The van der Waals surface area contributed by atoms with Gasteiger partial charge in [0.1, 0.15) is 0 Å². The molecule has 6 atom stereocenters. The van der Waals surface area contributed by atoms with Crippen molar-refractivity contribution in [2.45, 2.75) is 71.3 Å². The third-order valence-electron chi connectivity index (χ3n) is 8.12. The number of oxime groups is 1. The second-order valence-corrected chi connectivity index (χ2v) is 9.30. The molecule has 0 bridgehead atoms. The van der Waals surface area contributed by atoms with Gasteiger partial charge in [-0.1, -0.05) is 29.6 Å². The maximum Gasteiger partial charge on any atom is 0.331 e. The van der Waals surface area contributed by atoms with Crippen molar-refractivity contribution < 1.29 is 19.2 Å². The fraction of sp³-hybridized carbons (Fsp3) is 0.640. The topological polar surface area (TPSA) is 65.0 Å². The summed E-state index contributed by atoms with van der Waals surface area (Å²) < 4.78 is 5.83. The van der Waals surface area contributed by atoms with Crippen LogP contribution in [-0.4, -0.2) is 23.3 Å². The van der Waals surface area contributed by atoms with Crippen LogP contribution in [0.2, 0.25) is 0 Å². The molecule has 0 aromatic carbocycles. The zero-order valence-electron chi connectivity index (χ0n) is 18.1. The molecule has 0 radical (unpaired) electrons. The standard InChI is InChI=1S/C25H31NO4/c1-5-24-13-11-21-20-10-8-19(26-30-17(4)28)15-18(20)7-9-22(21)23(24)12-14-25(24,6-2)29-16(3)27/h2,12,14-15,20-23H,5,7-11,13H2,1,3-4H3/b26-19+/t20-,21+,22+,23-,24-,25-/m0/s1. The Labute approximate surface area is 178 Å². The highest BCUT2D eigenvalue weighted by atomic mass is 16.7. The van der Waals surface area contributed by atoms with Gasteiger partial charge in [-0.3, -0.25) is 4.79 Å². The van der Waals surface area contributed by atoms with Crippen LogP contribution in [0.5, 0.6) is 0 Å². The summed E-state index contributed by atoms with van der Waals surface area (Å²) in [6, 6.07) is 0. The van der Waals surface area contributed by atoms with E-state index in [-0.39, 0.29) is 17.4 Å². The molecule has 2 fully saturated rings. The van der Waals surface area contributed by atoms with Crippen LogP contribution < -0.4 is 0 Å². The molecule has 0 spiro atoms. The summed E-state index contributed by atoms with van der Waals surface area (Å²) in [5.41, 5.74) is 1.19. The first-order chi connectivity index (χ1) is 14.4. The molecular weight excluding hydrogens is 378 g/mol. The molecule has 30 heavy (non-hydrogen) atoms. The number of rotatable bonds is 3. The second-order valence-electron chi connectivity index (χ2n) is 9.30. The first-order valence-electron chi connectivity index (χ1n) is 11.2. The van der Waals surface area contributed by atoms with Gasteiger partial charge in [0.05, 0.1) is 5.71 Å². The molecule has 0 heterocycles. The van der Waals surface area contributed by atoms with E-state index in [2.05, 4.69) is 30.2 Å². The lowest BCUT2D eigenvalue weighted by Crippen LogP contribution is -2.55. The second kappa shape index (κ2) is 7.72. The monoisotopic (exact) mass is 409 g/mol. The van der Waals surface area contributed by atoms with E-state index in [1.54, 1.807) is 0 Å². The van der Waals surface area contributed by atoms with Crippen molar-refractivity contribution in [2.75, 3.05) is 0 Å². The highest BCUT2D eigenvalue weighted by Crippen LogP contribution is 2.64. The van der Waals surface area contributed by atoms with Crippen molar-refractivity contribution in [1.82, 2.24) is 0 Å². The Morgan fingerprint density at radius 2 is 2.00 bits per heavy atom. The molecule has 160 valence electrons. The van der Waals surface area contributed by atoms with Crippen LogP contribution in [0, 0.1) is 41.4 Å². The van der Waals surface area contributed by atoms with E-state index in [9.17, 15) is 9.59 Å². The van der Waals surface area contributed by atoms with Crippen molar-refractivity contribution in [3.05, 3.63) is 23.8 Å². The third-order valence-corrected chi connectivity index (χ3v) is 8.12. The van der Waals surface area contributed by atoms with Gasteiger partial charge < -0.3 is 9.57 Å². The van der Waals surface area contributed by atoms with Gasteiger partial charge in [-0.15, -0.1) is 6.42 Å². The maximum atomic E-state index is 11.9. The zero-order chi connectivity index (χ0) is 21.5. The number of allylic oxidation sites excluding steroid dienone is 3. The molecule has 0 N–H and O–H groups in total. The number of nitrogens with zero attached hydrogens (tertiary/aromatic N) is 1. The number of hydrogen-bond acceptors (Lipinski definition) is 5. The van der Waals surface area contributed by atoms with Gasteiger partial charge >= 0.3 is 11.9 Å². The lowest BCUT2D eigenvalue weighted by atomic mass is 9.49. The molecule has 0 saturated heterocycles. The van der Waals surface area contributed by atoms with E-state index in [0.29, 0.717) is 23.7 Å². The quantitative estimate of drug-likeness (QED) is 0.225. The van der Waals surface area contributed by atoms with Crippen LogP contribution >= 0.6 is 0 Å². The molecular formula is C25H31NO4. The smallest absolute Gasteiger partial charge is 0.331 e. The van der Waals surface area contributed by atoms with E-state index in [0.717, 1.165) is 50.7 Å². The molecule has 0 aliphatic heterocycles. The molecule has 4 aliphatic rings. The zero-order valence-corrected chi connectivity index (χ0v) is 18.1. The molecule has 0 unspecified atom stereocenters. The third kappa shape index (κ3) is 3.12. The number of carbonyl (C=O) groups excluding carboxylic acids is 2. The van der Waals surface area contributed by atoms with Gasteiger partial charge in [0.2, 0.25) is 0 Å². The number of esters is 1. The Hall–Kier alpha value is -2.35. The maximum absolute atomic E-state index is 11.9. The molecule has 0 amide bonds. The minimum atomic E-state index is -0.921. The number of fused-ring (bicyclic) bond motifs is 5. The lowest BCUT2D eigenvalue weighted by Gasteiger charge is -2.56. The van der Waals surface area contributed by atoms with E-state index in [1.165, 1.54) is 19.4 Å². The normalized spacial score (nSPS) is 40.5. The van der Waals surface area contributed by atoms with Crippen molar-refractivity contribution in [3.63, 3.8) is 0 Å². The molecule has 0 aromatic heterocycles. The Morgan fingerprint density at radius 3 is 2.67 bits per heavy atom. The minimum Gasteiger partial charge on any atom is -0.442 e. The average molecular weight is 410 g/mol. The van der Waals surface area contributed by atoms with Gasteiger partial charge in [-0.05, 0) is 80.8 Å². The first kappa shape index (κ1) is 20.9. The SMILES string of the molecule is C#C[C@]1(OC(C)=O)C=C[C@H]2[C@@H]3CCC4=C/C(=N/OC(C)=O)CC[C@@H]4[C@H]3CC[C@@]21CC. The van der Waals surface area contributed by atoms with Crippen molar-refractivity contribution in [3.8, 4) is 12.3 Å². The van der Waals surface area contributed by atoms with Crippen molar-refractivity contribution in [2.24, 2.45) is 34.2 Å². The van der Waals surface area contributed by atoms with E-state index >= 15 is 0 Å². The van der Waals surface area contributed by atoms with Crippen LogP contribution in [0.1, 0.15) is 65.7 Å². The highest BCUT2D eigenvalue weighted by molar-refractivity contribution is 5.96. The number of carbonyl (C=O) groups is 2. The summed E-state index contributed by atoms with van der Waals surface area (Å²) in [6.45, 7) is 5.00. The van der Waals surface area contributed by atoms with Gasteiger partial charge in [-0.25, -0.2) is 4.79 Å². The summed E-state index contributed by atoms with van der Waals surface area (Å²) in [7, 11) is 0. The van der Waals surface area contributed by atoms with Crippen LogP contribution in [0.3, 0.4) is 0 Å². The summed E-state index contributed by atoms with van der Waals surface area (Å²) in [6.07, 6.45) is 19.4. The van der Waals surface area contributed by atoms with Crippen LogP contribution in [0.4, 0.5) is 0 Å². The number of hydrogen-bond donors (Lipinski definition) is 0. The van der Waals surface area contributed by atoms with Crippen molar-refractivity contribution >= 4 is 17.7 Å². The molecule has 4 aliphatic carbocycles. The average Bonchev–Trinajstić information content (AvgIpc) is 3.06. The van der Waals surface area contributed by atoms with E-state index < -0.39 is 5.60 Å². The fourth-order valence-corrected chi connectivity index (χ4v) is 6.96. The van der Waals surface area contributed by atoms with Crippen LogP contribution in [0.15, 0.2) is 29.0 Å². The predicted octanol–water partition coefficient (Wildman–Crippen LogP) is 4.58. The van der Waals surface area contributed by atoms with Gasteiger partial charge in [-0.2, -0.15) is 0 Å². The summed E-state index contributed by atoms with van der Waals surface area (Å²) in [4.78, 5) is 27.8. The van der Waals surface area contributed by atoms with Crippen LogP contribution in [0.25, 0.3) is 0 Å². The van der Waals surface area contributed by atoms with Crippen molar-refractivity contribution in [1.29, 1.82) is 0 Å². The molecule has 5 heteroatoms. The summed E-state index contributed by atoms with van der Waals surface area (Å²) in [5.74, 6) is 4.25. The number of ether oxygens (including phenoxy) is 1. The highest BCUT2D eigenvalue weighted by Gasteiger charge is 2.63. The van der Waals surface area contributed by atoms with Gasteiger partial charge in [0, 0.05) is 19.3 Å². The Morgan fingerprint density at radius 1 is 1.20 bits per heavy atom. The number of terminal acetylenes is 1. The first-order valence-corrected chi connectivity index (χ1v) is 11.2. The fourth-order valence-electron chi connectivity index (χ4n) is 6.96. The predicted molar refractivity (Wildman–Crippen MR) is 114 cm³/mol. The largest absolute Gasteiger partial charge is 0.442 e. The molecule has 2 saturated carbocycles. The Balaban J connectivity index is 1.60. The Kier molecular flexibility index (Phi) is 5.38. The lowest BCUT2D eigenvalue weighted by molar-refractivity contribution is -0.166. The Bertz CT molecular complexity index is 878. The van der Waals surface area contributed by atoms with E-state index in [1.807, 2.05) is 6.08 Å². The molecule has 5 nitrogen and oxygen atoms in total. The van der Waals surface area contributed by atoms with E-state index in [4.69, 9.17) is 16.0 Å². The van der Waals surface area contributed by atoms with Gasteiger partial charge in [0.15, 0.2) is 5.60 Å². The molecule has 0 aromatic rings. The summed E-state index contributed by atoms with van der Waals surface area (Å²) >= 11 is 0. The van der Waals surface area contributed by atoms with Crippen LogP contribution in [-0.2, 0) is 19.2 Å². The molecule has 4 rings (SSSR count). The van der Waals surface area contributed by atoms with Gasteiger partial charge in [0.25, 0.3) is 0 Å². The summed E-state index contributed by atoms with van der Waals surface area (Å²) in [5, 5.41) is 4.02.